The molecule has 0 aliphatic carbocycles. The molecular formula is C53H75ClN4O13. The zero-order chi connectivity index (χ0) is 51.3. The van der Waals surface area contributed by atoms with Crippen LogP contribution in [-0.2, 0) is 70.1 Å². The Morgan fingerprint density at radius 1 is 0.901 bits per heavy atom. The number of hydrogen-bond donors (Lipinski definition) is 2. The molecule has 71 heavy (non-hydrogen) atoms. The molecule has 2 fully saturated rings. The third-order valence-corrected chi connectivity index (χ3v) is 12.9. The van der Waals surface area contributed by atoms with Crippen molar-refractivity contribution in [3.05, 3.63) is 89.0 Å². The first-order chi connectivity index (χ1) is 34.1. The number of methoxy groups -OCH3 is 1. The lowest BCUT2D eigenvalue weighted by Crippen LogP contribution is -2.51. The third kappa shape index (κ3) is 19.2. The Morgan fingerprint density at radius 2 is 1.56 bits per heavy atom. The van der Waals surface area contributed by atoms with Gasteiger partial charge in [0, 0.05) is 64.6 Å². The van der Waals surface area contributed by atoms with E-state index in [1.54, 1.807) is 38.1 Å². The number of benzene rings is 2. The first kappa shape index (κ1) is 57.0. The Bertz CT molecular complexity index is 2080. The molecular weight excluding hydrogens is 936 g/mol. The fourth-order valence-electron chi connectivity index (χ4n) is 8.18. The van der Waals surface area contributed by atoms with Crippen LogP contribution in [0.1, 0.15) is 76.7 Å². The predicted molar refractivity (Wildman–Crippen MR) is 267 cm³/mol. The molecule has 18 heteroatoms. The first-order valence-electron chi connectivity index (χ1n) is 24.7. The first-order valence-corrected chi connectivity index (χ1v) is 25.1. The lowest BCUT2D eigenvalue weighted by Gasteiger charge is -2.34. The van der Waals surface area contributed by atoms with Gasteiger partial charge in [-0.25, -0.2) is 4.79 Å². The van der Waals surface area contributed by atoms with E-state index in [4.69, 9.17) is 49.5 Å². The summed E-state index contributed by atoms with van der Waals surface area (Å²) in [6, 6.07) is 12.6. The van der Waals surface area contributed by atoms with Crippen molar-refractivity contribution in [2.75, 3.05) is 92.6 Å². The smallest absolute Gasteiger partial charge is 0.347 e. The highest BCUT2D eigenvalue weighted by Gasteiger charge is 2.48. The van der Waals surface area contributed by atoms with Crippen LogP contribution in [0, 0.1) is 17.3 Å². The van der Waals surface area contributed by atoms with E-state index in [2.05, 4.69) is 51.3 Å². The predicted octanol–water partition coefficient (Wildman–Crippen LogP) is 5.41. The number of cyclic esters (lactones) is 2. The number of carbonyl (C=O) groups is 5. The standard InChI is InChI=1S/C53H75ClN4O13/c1-8-24-68-47(60)18-25-65-27-29-67-30-28-66-26-23-57-19-21-58(22-20-57)34-38-12-15-40(16-13-38)49-48(71-49)37(4)43-10-9-11-46(59)56-42(33-39-14-17-44(64-7)41(54)32-39)50(61)55-35-53(5,6)52(63)70-45(31-36(2)3)51(62)69-43/h8-9,11-17,32,36-37,42-43,45,48-49H,1,10,18-31,33-35H2,2-7H3,(H,55,61)(H,56,59)/b11-9+/t37-,42+,43-,45-,48+,49+/m0/s1. The van der Waals surface area contributed by atoms with E-state index in [0.29, 0.717) is 56.0 Å². The number of piperazine rings is 1. The molecule has 0 unspecified atom stereocenters. The average molecular weight is 1010 g/mol. The lowest BCUT2D eigenvalue weighted by molar-refractivity contribution is -0.179. The second kappa shape index (κ2) is 29.0. The van der Waals surface area contributed by atoms with Crippen LogP contribution in [0.25, 0.3) is 0 Å². The van der Waals surface area contributed by atoms with Gasteiger partial charge in [0.15, 0.2) is 6.10 Å². The second-order valence-corrected chi connectivity index (χ2v) is 19.7. The van der Waals surface area contributed by atoms with E-state index in [1.807, 2.05) is 20.8 Å². The number of halogens is 1. The maximum atomic E-state index is 13.9. The molecule has 0 spiro atoms. The van der Waals surface area contributed by atoms with Gasteiger partial charge in [0.25, 0.3) is 0 Å². The summed E-state index contributed by atoms with van der Waals surface area (Å²) in [6.45, 7) is 20.9. The Balaban J connectivity index is 1.11. The lowest BCUT2D eigenvalue weighted by atomic mass is 9.92. The fourth-order valence-corrected chi connectivity index (χ4v) is 8.46. The zero-order valence-corrected chi connectivity index (χ0v) is 43.1. The topological polar surface area (TPSA) is 193 Å². The van der Waals surface area contributed by atoms with Gasteiger partial charge in [0.05, 0.1) is 69.7 Å². The number of carbonyl (C=O) groups excluding carboxylic acids is 5. The van der Waals surface area contributed by atoms with Crippen molar-refractivity contribution in [1.82, 2.24) is 20.4 Å². The molecule has 6 atom stereocenters. The minimum atomic E-state index is -1.23. The molecule has 3 heterocycles. The van der Waals surface area contributed by atoms with Crippen molar-refractivity contribution in [2.45, 2.75) is 97.3 Å². The van der Waals surface area contributed by atoms with Gasteiger partial charge in [-0.1, -0.05) is 81.4 Å². The maximum Gasteiger partial charge on any atom is 0.347 e. The van der Waals surface area contributed by atoms with Crippen LogP contribution in [0.2, 0.25) is 5.02 Å². The average Bonchev–Trinajstić information content (AvgIpc) is 4.15. The summed E-state index contributed by atoms with van der Waals surface area (Å²) in [4.78, 5) is 70.9. The van der Waals surface area contributed by atoms with Gasteiger partial charge in [0.1, 0.15) is 30.6 Å². The number of nitrogens with zero attached hydrogens (tertiary/aromatic N) is 2. The molecule has 0 saturated carbocycles. The number of nitrogens with one attached hydrogen (secondary N) is 2. The maximum absolute atomic E-state index is 13.9. The summed E-state index contributed by atoms with van der Waals surface area (Å²) in [7, 11) is 1.51. The monoisotopic (exact) mass is 1010 g/mol. The summed E-state index contributed by atoms with van der Waals surface area (Å²) in [6.07, 6.45) is 2.79. The zero-order valence-electron chi connectivity index (χ0n) is 42.3. The van der Waals surface area contributed by atoms with E-state index in [1.165, 1.54) is 24.8 Å². The normalized spacial score (nSPS) is 23.5. The van der Waals surface area contributed by atoms with Crippen molar-refractivity contribution < 1.29 is 61.9 Å². The molecule has 2 aromatic carbocycles. The molecule has 3 aliphatic heterocycles. The molecule has 3 aliphatic rings. The summed E-state index contributed by atoms with van der Waals surface area (Å²) < 4.78 is 45.2. The van der Waals surface area contributed by atoms with Gasteiger partial charge in [-0.2, -0.15) is 0 Å². The summed E-state index contributed by atoms with van der Waals surface area (Å²) >= 11 is 6.38. The van der Waals surface area contributed by atoms with Crippen molar-refractivity contribution in [3.63, 3.8) is 0 Å². The minimum absolute atomic E-state index is 0.00836. The molecule has 0 bridgehead atoms. The second-order valence-electron chi connectivity index (χ2n) is 19.3. The number of amides is 2. The summed E-state index contributed by atoms with van der Waals surface area (Å²) in [5.74, 6) is -2.52. The van der Waals surface area contributed by atoms with E-state index in [9.17, 15) is 24.0 Å². The van der Waals surface area contributed by atoms with E-state index >= 15 is 0 Å². The molecule has 2 saturated heterocycles. The van der Waals surface area contributed by atoms with Crippen molar-refractivity contribution in [3.8, 4) is 5.75 Å². The van der Waals surface area contributed by atoms with E-state index < -0.39 is 47.4 Å². The van der Waals surface area contributed by atoms with Crippen molar-refractivity contribution in [1.29, 1.82) is 0 Å². The summed E-state index contributed by atoms with van der Waals surface area (Å²) in [5, 5.41) is 5.95. The number of esters is 3. The van der Waals surface area contributed by atoms with Gasteiger partial charge >= 0.3 is 17.9 Å². The van der Waals surface area contributed by atoms with Crippen molar-refractivity contribution >= 4 is 41.3 Å². The minimum Gasteiger partial charge on any atom is -0.495 e. The van der Waals surface area contributed by atoms with Crippen LogP contribution in [-0.4, -0.2) is 157 Å². The van der Waals surface area contributed by atoms with Gasteiger partial charge < -0.3 is 48.5 Å². The highest BCUT2D eigenvalue weighted by atomic mass is 35.5. The van der Waals surface area contributed by atoms with Gasteiger partial charge in [-0.3, -0.25) is 29.0 Å². The molecule has 17 nitrogen and oxygen atoms in total. The molecule has 0 radical (unpaired) electrons. The molecule has 5 rings (SSSR count). The van der Waals surface area contributed by atoms with Crippen LogP contribution in [0.3, 0.4) is 0 Å². The molecule has 2 amide bonds. The third-order valence-electron chi connectivity index (χ3n) is 12.6. The van der Waals surface area contributed by atoms with E-state index in [0.717, 1.165) is 44.8 Å². The van der Waals surface area contributed by atoms with Crippen LogP contribution < -0.4 is 15.4 Å². The van der Waals surface area contributed by atoms with Crippen LogP contribution in [0.4, 0.5) is 0 Å². The highest BCUT2D eigenvalue weighted by Crippen LogP contribution is 2.45. The van der Waals surface area contributed by atoms with Gasteiger partial charge in [0.2, 0.25) is 11.8 Å². The highest BCUT2D eigenvalue weighted by molar-refractivity contribution is 6.32. The Hall–Kier alpha value is -4.88. The number of epoxide rings is 1. The number of rotatable bonds is 24. The van der Waals surface area contributed by atoms with Crippen LogP contribution >= 0.6 is 11.6 Å². The SMILES string of the molecule is C=CCOC(=O)CCOCCOCCOCCN1CCN(Cc2ccc([C@H]3O[C@@H]3[C@@H](C)[C@@H]3C/C=C/C(=O)N[C@H](Cc4ccc(OC)c(Cl)c4)C(=O)NCC(C)(C)C(=O)O[C@@H](CC(C)C)C(=O)O3)cc2)CC1. The van der Waals surface area contributed by atoms with Gasteiger partial charge in [-0.05, 0) is 61.1 Å². The Kier molecular flexibility index (Phi) is 23.3. The fraction of sp³-hybridized carbons (Fsp3) is 0.604. The number of hydrogen-bond acceptors (Lipinski definition) is 15. The largest absolute Gasteiger partial charge is 0.495 e. The Labute approximate surface area is 424 Å². The van der Waals surface area contributed by atoms with Gasteiger partial charge in [-0.15, -0.1) is 0 Å². The molecule has 2 aromatic rings. The van der Waals surface area contributed by atoms with Crippen LogP contribution in [0.5, 0.6) is 5.75 Å². The Morgan fingerprint density at radius 3 is 2.23 bits per heavy atom. The van der Waals surface area contributed by atoms with E-state index in [-0.39, 0.29) is 68.8 Å². The summed E-state index contributed by atoms with van der Waals surface area (Å²) in [5.41, 5.74) is 1.67. The molecule has 0 aromatic heterocycles. The number of ether oxygens (including phenoxy) is 8. The quantitative estimate of drug-likeness (QED) is 0.0446. The molecule has 392 valence electrons. The van der Waals surface area contributed by atoms with Crippen molar-refractivity contribution in [2.24, 2.45) is 17.3 Å². The van der Waals surface area contributed by atoms with Crippen LogP contribution in [0.15, 0.2) is 67.3 Å². The molecule has 2 N–H and O–H groups in total.